The Kier molecular flexibility index (Phi) is 9.21. The molecule has 0 unspecified atom stereocenters. The first-order chi connectivity index (χ1) is 16.1. The van der Waals surface area contributed by atoms with Gasteiger partial charge >= 0.3 is 0 Å². The second-order valence-electron chi connectivity index (χ2n) is 7.49. The number of benzene rings is 2. The number of hydrogen-bond acceptors (Lipinski definition) is 8. The van der Waals surface area contributed by atoms with Crippen LogP contribution in [-0.4, -0.2) is 68.5 Å². The first kappa shape index (κ1) is 26.4. The van der Waals surface area contributed by atoms with Crippen LogP contribution in [0.4, 0.5) is 0 Å². The van der Waals surface area contributed by atoms with E-state index in [9.17, 15) is 29.4 Å². The molecule has 0 aliphatic rings. The highest BCUT2D eigenvalue weighted by Crippen LogP contribution is 2.21. The number of aliphatic hydroxyl groups excluding tert-OH is 2. The van der Waals surface area contributed by atoms with Crippen LogP contribution in [0.1, 0.15) is 34.6 Å². The molecule has 0 aromatic heterocycles. The number of nitrogens with one attached hydrogen (secondary N) is 4. The van der Waals surface area contributed by atoms with E-state index in [2.05, 4.69) is 10.6 Å². The Morgan fingerprint density at radius 3 is 1.15 bits per heavy atom. The molecule has 0 aliphatic carbocycles. The summed E-state index contributed by atoms with van der Waals surface area (Å²) in [5.74, 6) is -3.18. The fraction of sp³-hybridized carbons (Fsp3) is 0.273. The zero-order valence-electron chi connectivity index (χ0n) is 18.4. The first-order valence-electron chi connectivity index (χ1n) is 10.1. The lowest BCUT2D eigenvalue weighted by molar-refractivity contribution is -0.134. The van der Waals surface area contributed by atoms with Crippen molar-refractivity contribution in [3.05, 3.63) is 59.7 Å². The normalized spacial score (nSPS) is 14.2. The van der Waals surface area contributed by atoms with Crippen molar-refractivity contribution in [2.24, 2.45) is 0 Å². The number of carbonyl (C=O) groups excluding carboxylic acids is 4. The molecule has 12 nitrogen and oxygen atoms in total. The minimum atomic E-state index is -1.34. The molecule has 12 heteroatoms. The maximum absolute atomic E-state index is 12.4. The summed E-state index contributed by atoms with van der Waals surface area (Å²) < 4.78 is 0. The molecule has 2 aromatic carbocycles. The molecule has 0 aliphatic heterocycles. The predicted molar refractivity (Wildman–Crippen MR) is 118 cm³/mol. The molecule has 0 bridgehead atoms. The lowest BCUT2D eigenvalue weighted by Gasteiger charge is -2.19. The summed E-state index contributed by atoms with van der Waals surface area (Å²) in [5.41, 5.74) is 4.62. The van der Waals surface area contributed by atoms with Crippen molar-refractivity contribution in [3.8, 4) is 11.1 Å². The molecule has 0 saturated heterocycles. The third kappa shape index (κ3) is 6.59. The highest BCUT2D eigenvalue weighted by molar-refractivity contribution is 5.99. The van der Waals surface area contributed by atoms with E-state index in [1.165, 1.54) is 49.1 Å². The van der Waals surface area contributed by atoms with E-state index < -0.39 is 47.9 Å². The second kappa shape index (κ2) is 11.9. The Morgan fingerprint density at radius 1 is 0.618 bits per heavy atom. The molecular formula is C22H26N4O8. The smallest absolute Gasteiger partial charge is 0.268 e. The van der Waals surface area contributed by atoms with Gasteiger partial charge in [0.25, 0.3) is 23.6 Å². The van der Waals surface area contributed by atoms with Gasteiger partial charge in [0.1, 0.15) is 12.1 Å². The van der Waals surface area contributed by atoms with Gasteiger partial charge in [0.15, 0.2) is 0 Å². The minimum absolute atomic E-state index is 0.211. The molecule has 0 radical (unpaired) electrons. The van der Waals surface area contributed by atoms with Gasteiger partial charge in [0, 0.05) is 11.1 Å². The van der Waals surface area contributed by atoms with E-state index >= 15 is 0 Å². The average molecular weight is 474 g/mol. The summed E-state index contributed by atoms with van der Waals surface area (Å²) in [6.07, 6.45) is -2.47. The molecule has 0 fully saturated rings. The highest BCUT2D eigenvalue weighted by atomic mass is 16.5. The topological polar surface area (TPSA) is 197 Å². The Bertz CT molecular complexity index is 939. The molecule has 4 amide bonds. The molecule has 4 atom stereocenters. The van der Waals surface area contributed by atoms with Crippen molar-refractivity contribution < 1.29 is 39.8 Å². The third-order valence-electron chi connectivity index (χ3n) is 4.95. The maximum atomic E-state index is 12.4. The van der Waals surface area contributed by atoms with E-state index in [0.29, 0.717) is 11.1 Å². The number of amides is 4. The summed E-state index contributed by atoms with van der Waals surface area (Å²) in [6.45, 7) is 2.58. The molecule has 34 heavy (non-hydrogen) atoms. The molecule has 0 spiro atoms. The summed E-state index contributed by atoms with van der Waals surface area (Å²) in [6, 6.07) is 9.89. The monoisotopic (exact) mass is 474 g/mol. The Morgan fingerprint density at radius 2 is 0.912 bits per heavy atom. The van der Waals surface area contributed by atoms with Crippen LogP contribution in [-0.2, 0) is 9.59 Å². The highest BCUT2D eigenvalue weighted by Gasteiger charge is 2.26. The summed E-state index contributed by atoms with van der Waals surface area (Å²) in [4.78, 5) is 47.9. The van der Waals surface area contributed by atoms with Gasteiger partial charge in [-0.25, -0.2) is 11.0 Å². The number of rotatable bonds is 9. The molecule has 0 heterocycles. The summed E-state index contributed by atoms with van der Waals surface area (Å²) in [5, 5.41) is 41.4. The van der Waals surface area contributed by atoms with Gasteiger partial charge in [0.05, 0.1) is 12.2 Å². The summed E-state index contributed by atoms with van der Waals surface area (Å²) >= 11 is 0. The molecule has 2 rings (SSSR count). The van der Waals surface area contributed by atoms with Crippen LogP contribution in [0.15, 0.2) is 48.5 Å². The van der Waals surface area contributed by atoms with Crippen molar-refractivity contribution >= 4 is 23.6 Å². The standard InChI is InChI=1S/C22H26N4O8/c1-11(27)17(21(31)25-33)23-19(29)15-7-3-13(4-8-15)14-5-9-16(10-6-14)20(30)24-18(12(2)28)22(32)26-34/h3-12,17-18,27-28,33-34H,1-2H3,(H,23,29)(H,24,30)(H,25,31)(H,26,32)/t11-,12-,17-,18+/m1/s1. The number of carbonyl (C=O) groups is 4. The quantitative estimate of drug-likeness (QED) is 0.173. The Labute approximate surface area is 194 Å². The van der Waals surface area contributed by atoms with Gasteiger partial charge in [-0.2, -0.15) is 0 Å². The van der Waals surface area contributed by atoms with E-state index in [4.69, 9.17) is 10.4 Å². The van der Waals surface area contributed by atoms with Crippen LogP contribution in [0.2, 0.25) is 0 Å². The van der Waals surface area contributed by atoms with Gasteiger partial charge in [-0.1, -0.05) is 24.3 Å². The molecule has 182 valence electrons. The largest absolute Gasteiger partial charge is 0.391 e. The molecular weight excluding hydrogens is 448 g/mol. The van der Waals surface area contributed by atoms with Crippen molar-refractivity contribution in [1.29, 1.82) is 0 Å². The van der Waals surface area contributed by atoms with Gasteiger partial charge < -0.3 is 20.8 Å². The van der Waals surface area contributed by atoms with E-state index in [0.717, 1.165) is 0 Å². The van der Waals surface area contributed by atoms with Gasteiger partial charge in [-0.3, -0.25) is 29.6 Å². The first-order valence-corrected chi connectivity index (χ1v) is 10.1. The van der Waals surface area contributed by atoms with Crippen molar-refractivity contribution in [1.82, 2.24) is 21.6 Å². The van der Waals surface area contributed by atoms with Crippen molar-refractivity contribution in [2.75, 3.05) is 0 Å². The van der Waals surface area contributed by atoms with Crippen LogP contribution in [0, 0.1) is 0 Å². The van der Waals surface area contributed by atoms with E-state index in [-0.39, 0.29) is 11.1 Å². The van der Waals surface area contributed by atoms with Gasteiger partial charge in [-0.15, -0.1) is 0 Å². The van der Waals surface area contributed by atoms with Crippen LogP contribution in [0.3, 0.4) is 0 Å². The molecule has 2 aromatic rings. The van der Waals surface area contributed by atoms with Crippen molar-refractivity contribution in [2.45, 2.75) is 38.1 Å². The fourth-order valence-corrected chi connectivity index (χ4v) is 3.03. The Hall–Kier alpha value is -3.84. The van der Waals surface area contributed by atoms with E-state index in [1.54, 1.807) is 24.3 Å². The zero-order chi connectivity index (χ0) is 25.4. The summed E-state index contributed by atoms with van der Waals surface area (Å²) in [7, 11) is 0. The lowest BCUT2D eigenvalue weighted by atomic mass is 10.0. The van der Waals surface area contributed by atoms with Crippen LogP contribution in [0.25, 0.3) is 11.1 Å². The number of hydroxylamine groups is 2. The van der Waals surface area contributed by atoms with Crippen LogP contribution in [0.5, 0.6) is 0 Å². The van der Waals surface area contributed by atoms with Gasteiger partial charge in [0.2, 0.25) is 0 Å². The molecule has 0 saturated carbocycles. The fourth-order valence-electron chi connectivity index (χ4n) is 3.03. The number of aliphatic hydroxyl groups is 2. The zero-order valence-corrected chi connectivity index (χ0v) is 18.4. The number of hydrogen-bond donors (Lipinski definition) is 8. The molecule has 8 N–H and O–H groups in total. The van der Waals surface area contributed by atoms with Crippen LogP contribution < -0.4 is 21.6 Å². The third-order valence-corrected chi connectivity index (χ3v) is 4.95. The SMILES string of the molecule is C[C@@H](O)[C@H](NC(=O)c1ccc(-c2ccc(C(=O)N[C@@H](C(=O)NO)[C@@H](C)O)cc2)cc1)C(=O)NO. The maximum Gasteiger partial charge on any atom is 0.268 e. The van der Waals surface area contributed by atoms with Crippen molar-refractivity contribution in [3.63, 3.8) is 0 Å². The van der Waals surface area contributed by atoms with Crippen LogP contribution >= 0.6 is 0 Å². The second-order valence-corrected chi connectivity index (χ2v) is 7.49. The average Bonchev–Trinajstić information content (AvgIpc) is 2.84. The Balaban J connectivity index is 2.10. The lowest BCUT2D eigenvalue weighted by Crippen LogP contribution is -2.51. The minimum Gasteiger partial charge on any atom is -0.391 e. The predicted octanol–water partition coefficient (Wildman–Crippen LogP) is -0.677. The van der Waals surface area contributed by atoms with Gasteiger partial charge in [-0.05, 0) is 49.2 Å². The van der Waals surface area contributed by atoms with E-state index in [1.807, 2.05) is 0 Å².